The number of carbonyl (C=O) groups excluding carboxylic acids is 2. The van der Waals surface area contributed by atoms with Gasteiger partial charge in [-0.2, -0.15) is 0 Å². The highest BCUT2D eigenvalue weighted by Crippen LogP contribution is 2.32. The lowest BCUT2D eigenvalue weighted by Gasteiger charge is -2.16. The normalized spacial score (nSPS) is 20.7. The van der Waals surface area contributed by atoms with Gasteiger partial charge in [0, 0.05) is 37.2 Å². The molecule has 5 nitrogen and oxygen atoms in total. The highest BCUT2D eigenvalue weighted by atomic mass is 16.2. The van der Waals surface area contributed by atoms with Crippen LogP contribution in [0, 0.1) is 12.8 Å². The fourth-order valence-electron chi connectivity index (χ4n) is 3.23. The van der Waals surface area contributed by atoms with Gasteiger partial charge in [0.15, 0.2) is 0 Å². The third-order valence-electron chi connectivity index (χ3n) is 4.77. The predicted octanol–water partition coefficient (Wildman–Crippen LogP) is 2.69. The first-order valence-corrected chi connectivity index (χ1v) is 8.50. The van der Waals surface area contributed by atoms with Crippen molar-refractivity contribution in [3.63, 3.8) is 0 Å². The summed E-state index contributed by atoms with van der Waals surface area (Å²) in [6.45, 7) is 5.52. The van der Waals surface area contributed by atoms with Gasteiger partial charge in [0.2, 0.25) is 5.91 Å². The van der Waals surface area contributed by atoms with Gasteiger partial charge in [-0.3, -0.25) is 4.79 Å². The fourth-order valence-corrected chi connectivity index (χ4v) is 3.23. The van der Waals surface area contributed by atoms with E-state index in [0.29, 0.717) is 19.0 Å². The molecule has 1 unspecified atom stereocenters. The molecule has 0 bridgehead atoms. The number of benzene rings is 1. The number of rotatable bonds is 5. The van der Waals surface area contributed by atoms with Gasteiger partial charge in [0.25, 0.3) is 0 Å². The van der Waals surface area contributed by atoms with Crippen molar-refractivity contribution in [3.05, 3.63) is 29.3 Å². The van der Waals surface area contributed by atoms with Crippen LogP contribution >= 0.6 is 0 Å². The number of hydrogen-bond acceptors (Lipinski definition) is 2. The lowest BCUT2D eigenvalue weighted by Crippen LogP contribution is -2.34. The molecule has 1 saturated heterocycles. The molecule has 0 radical (unpaired) electrons. The summed E-state index contributed by atoms with van der Waals surface area (Å²) in [5.41, 5.74) is 3.29. The molecule has 0 spiro atoms. The first kappa shape index (κ1) is 15.8. The zero-order valence-electron chi connectivity index (χ0n) is 13.9. The molecular weight excluding hydrogens is 290 g/mol. The molecule has 23 heavy (non-hydrogen) atoms. The summed E-state index contributed by atoms with van der Waals surface area (Å²) in [5.74, 6) is 0.476. The number of anilines is 1. The van der Waals surface area contributed by atoms with Crippen molar-refractivity contribution >= 4 is 17.6 Å². The molecule has 5 heteroatoms. The molecule has 1 atom stereocenters. The average Bonchev–Trinajstić information content (AvgIpc) is 3.30. The number of aryl methyl sites for hydroxylation is 2. The van der Waals surface area contributed by atoms with E-state index in [2.05, 4.69) is 24.5 Å². The third kappa shape index (κ3) is 3.84. The van der Waals surface area contributed by atoms with Crippen molar-refractivity contribution in [3.8, 4) is 0 Å². The summed E-state index contributed by atoms with van der Waals surface area (Å²) in [6, 6.07) is 6.23. The molecule has 2 aliphatic rings. The molecular formula is C18H25N3O2. The van der Waals surface area contributed by atoms with Crippen molar-refractivity contribution in [2.75, 3.05) is 18.4 Å². The Morgan fingerprint density at radius 3 is 2.83 bits per heavy atom. The summed E-state index contributed by atoms with van der Waals surface area (Å²) >= 11 is 0. The number of likely N-dealkylation sites (tertiary alicyclic amines) is 1. The molecule has 0 aromatic heterocycles. The van der Waals surface area contributed by atoms with Gasteiger partial charge in [0.1, 0.15) is 0 Å². The van der Waals surface area contributed by atoms with E-state index in [-0.39, 0.29) is 17.9 Å². The van der Waals surface area contributed by atoms with Gasteiger partial charge in [0.05, 0.1) is 0 Å². The number of urea groups is 1. The second-order valence-corrected chi connectivity index (χ2v) is 6.68. The van der Waals surface area contributed by atoms with Crippen LogP contribution in [0.4, 0.5) is 10.5 Å². The summed E-state index contributed by atoms with van der Waals surface area (Å²) in [7, 11) is 0. The van der Waals surface area contributed by atoms with Crippen molar-refractivity contribution in [1.29, 1.82) is 0 Å². The van der Waals surface area contributed by atoms with Gasteiger partial charge in [-0.25, -0.2) is 4.79 Å². The molecule has 1 saturated carbocycles. The van der Waals surface area contributed by atoms with E-state index in [1.165, 1.54) is 11.1 Å². The van der Waals surface area contributed by atoms with E-state index in [0.717, 1.165) is 31.5 Å². The Morgan fingerprint density at radius 1 is 1.35 bits per heavy atom. The maximum atomic E-state index is 12.0. The van der Waals surface area contributed by atoms with E-state index in [9.17, 15) is 9.59 Å². The molecule has 3 rings (SSSR count). The smallest absolute Gasteiger partial charge is 0.319 e. The maximum Gasteiger partial charge on any atom is 0.319 e. The second-order valence-electron chi connectivity index (χ2n) is 6.68. The number of hydrogen-bond donors (Lipinski definition) is 2. The predicted molar refractivity (Wildman–Crippen MR) is 90.4 cm³/mol. The summed E-state index contributed by atoms with van der Waals surface area (Å²) in [4.78, 5) is 25.9. The van der Waals surface area contributed by atoms with Crippen molar-refractivity contribution in [2.45, 2.75) is 45.6 Å². The van der Waals surface area contributed by atoms with Crippen molar-refractivity contribution in [1.82, 2.24) is 10.2 Å². The Labute approximate surface area is 137 Å². The van der Waals surface area contributed by atoms with Crippen LogP contribution in [0.25, 0.3) is 0 Å². The highest BCUT2D eigenvalue weighted by Gasteiger charge is 2.39. The fraction of sp³-hybridized carbons (Fsp3) is 0.556. The van der Waals surface area contributed by atoms with Crippen LogP contribution in [-0.2, 0) is 11.2 Å². The Morgan fingerprint density at radius 2 is 2.13 bits per heavy atom. The monoisotopic (exact) mass is 315 g/mol. The molecule has 1 aromatic carbocycles. The SMILES string of the molecule is CCc1cc(NC(=O)NCC2CC(=O)N(C3CC3)C2)ccc1C. The summed E-state index contributed by atoms with van der Waals surface area (Å²) in [5, 5.41) is 5.77. The molecule has 2 N–H and O–H groups in total. The van der Waals surface area contributed by atoms with E-state index in [4.69, 9.17) is 0 Å². The zero-order chi connectivity index (χ0) is 16.4. The Balaban J connectivity index is 1.47. The van der Waals surface area contributed by atoms with Crippen LogP contribution < -0.4 is 10.6 Å². The van der Waals surface area contributed by atoms with Gasteiger partial charge >= 0.3 is 6.03 Å². The number of nitrogens with zero attached hydrogens (tertiary/aromatic N) is 1. The molecule has 1 heterocycles. The first-order valence-electron chi connectivity index (χ1n) is 8.50. The maximum absolute atomic E-state index is 12.0. The molecule has 1 aliphatic carbocycles. The molecule has 1 aromatic rings. The van der Waals surface area contributed by atoms with Crippen LogP contribution in [0.3, 0.4) is 0 Å². The highest BCUT2D eigenvalue weighted by molar-refractivity contribution is 5.89. The van der Waals surface area contributed by atoms with E-state index in [1.807, 2.05) is 23.1 Å². The summed E-state index contributed by atoms with van der Waals surface area (Å²) in [6.07, 6.45) is 3.78. The standard InChI is InChI=1S/C18H25N3O2/c1-3-14-9-15(5-4-12(14)2)20-18(23)19-10-13-8-17(22)21(11-13)16-6-7-16/h4-5,9,13,16H,3,6-8,10-11H2,1-2H3,(H2,19,20,23). The number of nitrogens with one attached hydrogen (secondary N) is 2. The minimum absolute atomic E-state index is 0.201. The van der Waals surface area contributed by atoms with Gasteiger partial charge in [-0.05, 0) is 49.4 Å². The van der Waals surface area contributed by atoms with E-state index >= 15 is 0 Å². The topological polar surface area (TPSA) is 61.4 Å². The van der Waals surface area contributed by atoms with Crippen LogP contribution in [0.2, 0.25) is 0 Å². The largest absolute Gasteiger partial charge is 0.339 e. The molecule has 1 aliphatic heterocycles. The van der Waals surface area contributed by atoms with E-state index < -0.39 is 0 Å². The Bertz CT molecular complexity index is 610. The Hall–Kier alpha value is -2.04. The quantitative estimate of drug-likeness (QED) is 0.877. The Kier molecular flexibility index (Phi) is 4.55. The number of amides is 3. The van der Waals surface area contributed by atoms with Crippen LogP contribution in [0.1, 0.15) is 37.3 Å². The van der Waals surface area contributed by atoms with Crippen molar-refractivity contribution < 1.29 is 9.59 Å². The summed E-state index contributed by atoms with van der Waals surface area (Å²) < 4.78 is 0. The van der Waals surface area contributed by atoms with E-state index in [1.54, 1.807) is 0 Å². The lowest BCUT2D eigenvalue weighted by atomic mass is 10.1. The minimum atomic E-state index is -0.201. The lowest BCUT2D eigenvalue weighted by molar-refractivity contribution is -0.128. The molecule has 2 fully saturated rings. The van der Waals surface area contributed by atoms with Crippen LogP contribution in [-0.4, -0.2) is 36.0 Å². The second kappa shape index (κ2) is 6.60. The third-order valence-corrected chi connectivity index (χ3v) is 4.77. The molecule has 124 valence electrons. The molecule has 3 amide bonds. The van der Waals surface area contributed by atoms with Crippen molar-refractivity contribution in [2.24, 2.45) is 5.92 Å². The first-order chi connectivity index (χ1) is 11.1. The van der Waals surface area contributed by atoms with Gasteiger partial charge in [-0.1, -0.05) is 13.0 Å². The van der Waals surface area contributed by atoms with Crippen LogP contribution in [0.15, 0.2) is 18.2 Å². The number of carbonyl (C=O) groups is 2. The van der Waals surface area contributed by atoms with Gasteiger partial charge in [-0.15, -0.1) is 0 Å². The van der Waals surface area contributed by atoms with Gasteiger partial charge < -0.3 is 15.5 Å². The minimum Gasteiger partial charge on any atom is -0.339 e. The zero-order valence-corrected chi connectivity index (χ0v) is 13.9. The average molecular weight is 315 g/mol. The van der Waals surface area contributed by atoms with Crippen LogP contribution in [0.5, 0.6) is 0 Å².